The van der Waals surface area contributed by atoms with Crippen LogP contribution in [0.5, 0.6) is 0 Å². The van der Waals surface area contributed by atoms with Gasteiger partial charge in [0.2, 0.25) is 5.91 Å². The fraction of sp³-hybridized carbons (Fsp3) is 0.421. The van der Waals surface area contributed by atoms with Gasteiger partial charge in [-0.1, -0.05) is 36.5 Å². The summed E-state index contributed by atoms with van der Waals surface area (Å²) in [6.07, 6.45) is 0.0651. The van der Waals surface area contributed by atoms with Crippen molar-refractivity contribution in [2.24, 2.45) is 5.92 Å². The fourth-order valence-corrected chi connectivity index (χ4v) is 4.11. The average Bonchev–Trinajstić information content (AvgIpc) is 2.95. The molecule has 2 heterocycles. The van der Waals surface area contributed by atoms with E-state index in [0.29, 0.717) is 29.9 Å². The third-order valence-corrected chi connectivity index (χ3v) is 5.29. The number of carbonyl (C=O) groups excluding carboxylic acids is 1. The molecule has 2 aliphatic rings. The van der Waals surface area contributed by atoms with Gasteiger partial charge in [0.25, 0.3) is 0 Å². The van der Waals surface area contributed by atoms with E-state index in [-0.39, 0.29) is 24.3 Å². The second-order valence-electron chi connectivity index (χ2n) is 6.83. The number of aliphatic hydroxyl groups is 2. The van der Waals surface area contributed by atoms with Gasteiger partial charge in [-0.15, -0.1) is 0 Å². The van der Waals surface area contributed by atoms with Crippen LogP contribution in [0, 0.1) is 5.92 Å². The van der Waals surface area contributed by atoms with E-state index in [9.17, 15) is 19.8 Å². The van der Waals surface area contributed by atoms with Crippen molar-refractivity contribution in [1.82, 2.24) is 10.2 Å². The van der Waals surface area contributed by atoms with Gasteiger partial charge in [0.05, 0.1) is 29.7 Å². The van der Waals surface area contributed by atoms with Crippen LogP contribution < -0.4 is 5.32 Å². The molecule has 4 N–H and O–H groups in total. The van der Waals surface area contributed by atoms with Gasteiger partial charge in [-0.25, -0.2) is 4.79 Å². The lowest BCUT2D eigenvalue weighted by Gasteiger charge is -2.44. The van der Waals surface area contributed by atoms with E-state index in [1.807, 2.05) is 24.3 Å². The maximum absolute atomic E-state index is 12.3. The number of aliphatic hydroxyl groups excluding tert-OH is 2. The third-order valence-electron chi connectivity index (χ3n) is 5.01. The minimum absolute atomic E-state index is 0.0000297. The Morgan fingerprint density at radius 1 is 1.44 bits per heavy atom. The molecule has 1 fully saturated rings. The molecule has 0 bridgehead atoms. The van der Waals surface area contributed by atoms with Crippen LogP contribution >= 0.6 is 12.2 Å². The van der Waals surface area contributed by atoms with Gasteiger partial charge < -0.3 is 25.5 Å². The van der Waals surface area contributed by atoms with Crippen LogP contribution in [0.4, 0.5) is 0 Å². The maximum atomic E-state index is 12.3. The lowest BCUT2D eigenvalue weighted by atomic mass is 9.82. The lowest BCUT2D eigenvalue weighted by Crippen LogP contribution is -2.61. The van der Waals surface area contributed by atoms with E-state index in [2.05, 4.69) is 5.32 Å². The molecule has 0 aromatic heterocycles. The van der Waals surface area contributed by atoms with Gasteiger partial charge >= 0.3 is 5.97 Å². The predicted molar refractivity (Wildman–Crippen MR) is 103 cm³/mol. The summed E-state index contributed by atoms with van der Waals surface area (Å²) in [6, 6.07) is 7.11. The molecule has 3 atom stereocenters. The number of nitrogens with zero attached hydrogens (tertiary/aromatic N) is 1. The molecule has 3 rings (SSSR count). The number of β-lactam (4-membered cyclic amide) rings is 1. The maximum Gasteiger partial charge on any atom is 0.352 e. The van der Waals surface area contributed by atoms with Crippen LogP contribution in [0.15, 0.2) is 30.0 Å². The van der Waals surface area contributed by atoms with E-state index in [1.54, 1.807) is 6.92 Å². The Morgan fingerprint density at radius 2 is 2.19 bits per heavy atom. The molecule has 8 heteroatoms. The second kappa shape index (κ2) is 7.75. The Morgan fingerprint density at radius 3 is 2.81 bits per heavy atom. The van der Waals surface area contributed by atoms with E-state index in [1.165, 1.54) is 4.90 Å². The normalized spacial score (nSPS) is 22.3. The zero-order valence-electron chi connectivity index (χ0n) is 14.9. The average molecular weight is 390 g/mol. The molecule has 0 spiro atoms. The van der Waals surface area contributed by atoms with Gasteiger partial charge in [-0.3, -0.25) is 4.79 Å². The van der Waals surface area contributed by atoms with Crippen molar-refractivity contribution in [3.05, 3.63) is 41.1 Å². The molecule has 0 radical (unpaired) electrons. The summed E-state index contributed by atoms with van der Waals surface area (Å²) in [5, 5.41) is 31.3. The fourth-order valence-electron chi connectivity index (χ4n) is 3.84. The van der Waals surface area contributed by atoms with E-state index in [4.69, 9.17) is 17.3 Å². The van der Waals surface area contributed by atoms with Crippen LogP contribution in [-0.2, 0) is 16.0 Å². The smallest absolute Gasteiger partial charge is 0.352 e. The Labute approximate surface area is 162 Å². The summed E-state index contributed by atoms with van der Waals surface area (Å²) in [7, 11) is 0. The van der Waals surface area contributed by atoms with Gasteiger partial charge in [0, 0.05) is 13.0 Å². The number of hydrogen-bond donors (Lipinski definition) is 4. The number of carboxylic acid groups (broad SMARTS) is 1. The monoisotopic (exact) mass is 390 g/mol. The van der Waals surface area contributed by atoms with Crippen molar-refractivity contribution in [2.45, 2.75) is 31.9 Å². The number of benzene rings is 1. The molecule has 27 heavy (non-hydrogen) atoms. The Kier molecular flexibility index (Phi) is 5.59. The molecule has 2 aliphatic heterocycles. The quantitative estimate of drug-likeness (QED) is 0.397. The van der Waals surface area contributed by atoms with Crippen LogP contribution in [0.2, 0.25) is 0 Å². The Balaban J connectivity index is 1.87. The van der Waals surface area contributed by atoms with Crippen molar-refractivity contribution in [3.63, 3.8) is 0 Å². The van der Waals surface area contributed by atoms with Crippen LogP contribution in [0.3, 0.4) is 0 Å². The molecule has 7 nitrogen and oxygen atoms in total. The molecular formula is C19H22N2O5S. The highest BCUT2D eigenvalue weighted by atomic mass is 32.1. The predicted octanol–water partition coefficient (Wildman–Crippen LogP) is 0.546. The zero-order chi connectivity index (χ0) is 19.7. The topological polar surface area (TPSA) is 110 Å². The van der Waals surface area contributed by atoms with Crippen LogP contribution in [0.1, 0.15) is 24.5 Å². The highest BCUT2D eigenvalue weighted by Crippen LogP contribution is 2.46. The van der Waals surface area contributed by atoms with Gasteiger partial charge in [-0.2, -0.15) is 0 Å². The first-order chi connectivity index (χ1) is 12.8. The van der Waals surface area contributed by atoms with E-state index in [0.717, 1.165) is 11.1 Å². The van der Waals surface area contributed by atoms with Gasteiger partial charge in [0.15, 0.2) is 0 Å². The molecule has 1 aromatic carbocycles. The molecular weight excluding hydrogens is 368 g/mol. The number of rotatable bonds is 7. The second-order valence-corrected chi connectivity index (χ2v) is 7.32. The van der Waals surface area contributed by atoms with Crippen molar-refractivity contribution in [3.8, 4) is 0 Å². The number of carbonyl (C=O) groups is 2. The highest BCUT2D eigenvalue weighted by molar-refractivity contribution is 7.80. The third kappa shape index (κ3) is 3.60. The first kappa shape index (κ1) is 19.5. The summed E-state index contributed by atoms with van der Waals surface area (Å²) < 4.78 is 0. The van der Waals surface area contributed by atoms with Crippen molar-refractivity contribution in [2.75, 3.05) is 13.2 Å². The minimum Gasteiger partial charge on any atom is -0.477 e. The molecule has 0 saturated carbocycles. The number of aliphatic carboxylic acids is 1. The molecule has 1 saturated heterocycles. The molecule has 144 valence electrons. The zero-order valence-corrected chi connectivity index (χ0v) is 15.7. The molecule has 0 aliphatic carbocycles. The molecule has 1 aromatic rings. The first-order valence-electron chi connectivity index (χ1n) is 8.79. The number of carboxylic acids is 1. The number of thiocarbonyl (C=S) groups is 1. The molecule has 0 unspecified atom stereocenters. The lowest BCUT2D eigenvalue weighted by molar-refractivity contribution is -0.161. The SMILES string of the molecule is C[C@@H](O)[C@@H]1C(=O)N2C(C(=O)O)=C(c3cccc(CC(=S)NCCO)c3)C[C@H]12. The minimum atomic E-state index is -1.14. The number of hydrogen-bond acceptors (Lipinski definition) is 5. The summed E-state index contributed by atoms with van der Waals surface area (Å²) in [6.45, 7) is 1.93. The summed E-state index contributed by atoms with van der Waals surface area (Å²) in [4.78, 5) is 26.0. The Bertz CT molecular complexity index is 820. The first-order valence-corrected chi connectivity index (χ1v) is 9.20. The van der Waals surface area contributed by atoms with E-state index < -0.39 is 18.0 Å². The number of amides is 1. The summed E-state index contributed by atoms with van der Waals surface area (Å²) in [5.41, 5.74) is 2.24. The number of nitrogens with one attached hydrogen (secondary N) is 1. The summed E-state index contributed by atoms with van der Waals surface area (Å²) >= 11 is 5.24. The van der Waals surface area contributed by atoms with Crippen LogP contribution in [-0.4, -0.2) is 62.4 Å². The van der Waals surface area contributed by atoms with E-state index >= 15 is 0 Å². The molecule has 1 amide bonds. The summed E-state index contributed by atoms with van der Waals surface area (Å²) in [5.74, 6) is -2.04. The number of fused-ring (bicyclic) bond motifs is 1. The standard InChI is InChI=1S/C19H22N2O5S/c1-10(23)16-14-9-13(17(19(25)26)21(14)18(16)24)12-4-2-3-11(7-12)8-15(27)20-5-6-22/h2-4,7,10,14,16,22-23H,5-6,8-9H2,1H3,(H,20,27)(H,25,26)/t10-,14-,16+/m1/s1. The largest absolute Gasteiger partial charge is 0.477 e. The van der Waals surface area contributed by atoms with Crippen LogP contribution in [0.25, 0.3) is 5.57 Å². The van der Waals surface area contributed by atoms with Crippen molar-refractivity contribution < 1.29 is 24.9 Å². The van der Waals surface area contributed by atoms with Crippen molar-refractivity contribution >= 4 is 34.7 Å². The van der Waals surface area contributed by atoms with Gasteiger partial charge in [0.1, 0.15) is 5.70 Å². The Hall–Kier alpha value is -2.29. The van der Waals surface area contributed by atoms with Gasteiger partial charge in [-0.05, 0) is 30.0 Å². The highest BCUT2D eigenvalue weighted by Gasteiger charge is 2.56. The van der Waals surface area contributed by atoms with Crippen molar-refractivity contribution in [1.29, 1.82) is 0 Å².